The van der Waals surface area contributed by atoms with E-state index in [9.17, 15) is 0 Å². The van der Waals surface area contributed by atoms with Crippen LogP contribution in [-0.4, -0.2) is 17.7 Å². The summed E-state index contributed by atoms with van der Waals surface area (Å²) in [5.74, 6) is 0.558. The van der Waals surface area contributed by atoms with Crippen LogP contribution in [0.3, 0.4) is 0 Å². The van der Waals surface area contributed by atoms with Crippen molar-refractivity contribution in [1.29, 1.82) is 0 Å². The molecule has 2 aromatic rings. The van der Waals surface area contributed by atoms with E-state index in [4.69, 9.17) is 0 Å². The van der Waals surface area contributed by atoms with E-state index < -0.39 is 0 Å². The second kappa shape index (κ2) is 5.69. The van der Waals surface area contributed by atoms with Crippen molar-refractivity contribution >= 4 is 23.8 Å². The second-order valence-electron chi connectivity index (χ2n) is 7.60. The predicted molar refractivity (Wildman–Crippen MR) is 100 cm³/mol. The van der Waals surface area contributed by atoms with E-state index in [2.05, 4.69) is 74.9 Å². The third-order valence-corrected chi connectivity index (χ3v) is 5.85. The average molecular weight is 294 g/mol. The van der Waals surface area contributed by atoms with Gasteiger partial charge in [-0.25, -0.2) is 0 Å². The van der Waals surface area contributed by atoms with Crippen LogP contribution in [0.4, 0.5) is 0 Å². The summed E-state index contributed by atoms with van der Waals surface area (Å²) in [5, 5.41) is 0. The van der Waals surface area contributed by atoms with Crippen molar-refractivity contribution in [3.8, 4) is 11.1 Å². The van der Waals surface area contributed by atoms with E-state index >= 15 is 0 Å². The third-order valence-electron chi connectivity index (χ3n) is 5.85. The van der Waals surface area contributed by atoms with Gasteiger partial charge in [-0.05, 0) is 0 Å². The summed E-state index contributed by atoms with van der Waals surface area (Å²) < 4.78 is 0.570. The quantitative estimate of drug-likeness (QED) is 0.633. The molecule has 1 unspecified atom stereocenters. The Kier molecular flexibility index (Phi) is 3.79. The van der Waals surface area contributed by atoms with Crippen molar-refractivity contribution in [1.82, 2.24) is 0 Å². The van der Waals surface area contributed by atoms with E-state index in [0.29, 0.717) is 10.5 Å². The topological polar surface area (TPSA) is 0 Å². The maximum absolute atomic E-state index is 2.51. The standard InChI is InChI=1S/C22H23.Li/c1-14(2)18-8-4-5-9-20(18)22-19-10-6-7-16(19)13-17-11-15(3)12-21(17)22;/h4-5,8-9,11-14H,6-7,10H2,1-3H3;. The van der Waals surface area contributed by atoms with Crippen molar-refractivity contribution < 1.29 is 0 Å². The number of rotatable bonds is 2. The fraction of sp³-hybridized carbons (Fsp3) is 0.364. The predicted octanol–water partition coefficient (Wildman–Crippen LogP) is 5.59. The summed E-state index contributed by atoms with van der Waals surface area (Å²) in [6, 6.07) is 11.6. The molecule has 1 heteroatoms. The Labute approximate surface area is 149 Å². The molecule has 2 aliphatic rings. The summed E-state index contributed by atoms with van der Waals surface area (Å²) in [6.07, 6.45) is 6.26. The molecule has 2 aromatic carbocycles. The van der Waals surface area contributed by atoms with Crippen LogP contribution in [0.15, 0.2) is 35.9 Å². The van der Waals surface area contributed by atoms with E-state index in [1.807, 2.05) is 0 Å². The summed E-state index contributed by atoms with van der Waals surface area (Å²) in [7, 11) is 0. The molecule has 4 rings (SSSR count). The van der Waals surface area contributed by atoms with Crippen molar-refractivity contribution in [2.24, 2.45) is 0 Å². The molecule has 0 bridgehead atoms. The summed E-state index contributed by atoms with van der Waals surface area (Å²) in [4.78, 5) is 0. The Bertz CT molecular complexity index is 811. The van der Waals surface area contributed by atoms with Gasteiger partial charge in [-0.3, -0.25) is 0 Å². The normalized spacial score (nSPS) is 19.0. The molecular formula is C22H23Li. The van der Waals surface area contributed by atoms with Crippen LogP contribution < -0.4 is 0 Å². The number of allylic oxidation sites excluding steroid dienone is 1. The first kappa shape index (κ1) is 15.3. The molecule has 1 atom stereocenters. The van der Waals surface area contributed by atoms with Crippen LogP contribution in [0.1, 0.15) is 65.5 Å². The zero-order valence-corrected chi connectivity index (χ0v) is 14.7. The van der Waals surface area contributed by atoms with Gasteiger partial charge in [0.05, 0.1) is 0 Å². The Morgan fingerprint density at radius 2 is 1.91 bits per heavy atom. The van der Waals surface area contributed by atoms with Crippen LogP contribution in [0.25, 0.3) is 17.2 Å². The zero-order chi connectivity index (χ0) is 16.1. The fourth-order valence-electron chi connectivity index (χ4n) is 4.43. The van der Waals surface area contributed by atoms with Crippen molar-refractivity contribution in [2.75, 3.05) is 0 Å². The van der Waals surface area contributed by atoms with Crippen LogP contribution in [0.5, 0.6) is 0 Å². The number of fused-ring (bicyclic) bond motifs is 2. The van der Waals surface area contributed by atoms with Crippen molar-refractivity contribution in [2.45, 2.75) is 50.5 Å². The summed E-state index contributed by atoms with van der Waals surface area (Å²) in [6.45, 7) is 6.91. The van der Waals surface area contributed by atoms with Gasteiger partial charge in [0.15, 0.2) is 0 Å². The van der Waals surface area contributed by atoms with Crippen LogP contribution >= 0.6 is 0 Å². The van der Waals surface area contributed by atoms with E-state index in [1.54, 1.807) is 22.3 Å². The molecule has 0 heterocycles. The fourth-order valence-corrected chi connectivity index (χ4v) is 4.43. The van der Waals surface area contributed by atoms with E-state index in [-0.39, 0.29) is 0 Å². The first-order valence-electron chi connectivity index (χ1n) is 9.04. The first-order valence-corrected chi connectivity index (χ1v) is 9.04. The van der Waals surface area contributed by atoms with Gasteiger partial charge in [0.25, 0.3) is 0 Å². The van der Waals surface area contributed by atoms with E-state index in [0.717, 1.165) is 0 Å². The molecule has 23 heavy (non-hydrogen) atoms. The summed E-state index contributed by atoms with van der Waals surface area (Å²) in [5.41, 5.74) is 12.3. The summed E-state index contributed by atoms with van der Waals surface area (Å²) >= 11 is 2.36. The Hall–Kier alpha value is -1.22. The van der Waals surface area contributed by atoms with Gasteiger partial charge in [0.2, 0.25) is 0 Å². The Morgan fingerprint density at radius 1 is 1.13 bits per heavy atom. The Balaban J connectivity index is 2.06. The first-order chi connectivity index (χ1) is 11.1. The van der Waals surface area contributed by atoms with Crippen LogP contribution in [-0.2, 0) is 12.8 Å². The zero-order valence-electron chi connectivity index (χ0n) is 14.7. The van der Waals surface area contributed by atoms with Crippen LogP contribution in [0.2, 0.25) is 0 Å². The molecule has 0 spiro atoms. The molecule has 0 radical (unpaired) electrons. The average Bonchev–Trinajstić information content (AvgIpc) is 3.11. The van der Waals surface area contributed by atoms with Gasteiger partial charge in [-0.2, -0.15) is 0 Å². The number of benzene rings is 2. The molecule has 0 nitrogen and oxygen atoms in total. The van der Waals surface area contributed by atoms with Gasteiger partial charge in [-0.1, -0.05) is 0 Å². The van der Waals surface area contributed by atoms with Crippen LogP contribution in [0, 0.1) is 0 Å². The van der Waals surface area contributed by atoms with Gasteiger partial charge in [0, 0.05) is 0 Å². The Morgan fingerprint density at radius 3 is 2.70 bits per heavy atom. The molecule has 0 amide bonds. The SMILES string of the molecule is [Li][CH]1C(C)=Cc2c1cc1c(c2-c2ccccc2C(C)C)CCC1. The minimum absolute atomic E-state index is 0.558. The van der Waals surface area contributed by atoms with Gasteiger partial charge in [-0.15, -0.1) is 0 Å². The molecule has 0 aliphatic heterocycles. The number of hydrogen-bond donors (Lipinski definition) is 0. The van der Waals surface area contributed by atoms with E-state index in [1.165, 1.54) is 41.5 Å². The van der Waals surface area contributed by atoms with Gasteiger partial charge >= 0.3 is 149 Å². The monoisotopic (exact) mass is 294 g/mol. The number of aryl methyl sites for hydroxylation is 1. The molecule has 0 saturated heterocycles. The molecule has 112 valence electrons. The third kappa shape index (κ3) is 2.35. The molecule has 0 aromatic heterocycles. The molecule has 0 N–H and O–H groups in total. The molecule has 2 aliphatic carbocycles. The second-order valence-corrected chi connectivity index (χ2v) is 7.60. The minimum atomic E-state index is 0.558. The van der Waals surface area contributed by atoms with Gasteiger partial charge in [0.1, 0.15) is 0 Å². The van der Waals surface area contributed by atoms with Crippen molar-refractivity contribution in [3.05, 3.63) is 63.7 Å². The maximum atomic E-state index is 2.51. The van der Waals surface area contributed by atoms with Gasteiger partial charge < -0.3 is 0 Å². The number of hydrogen-bond acceptors (Lipinski definition) is 0. The van der Waals surface area contributed by atoms with Crippen molar-refractivity contribution in [3.63, 3.8) is 0 Å². The molecule has 0 fully saturated rings. The molecule has 0 saturated carbocycles. The molecular weight excluding hydrogens is 271 g/mol.